The molecule has 26 heavy (non-hydrogen) atoms. The fourth-order valence-corrected chi connectivity index (χ4v) is 2.63. The van der Waals surface area contributed by atoms with Gasteiger partial charge in [0, 0.05) is 12.7 Å². The number of carbonyl (C=O) groups excluding carboxylic acids is 1. The van der Waals surface area contributed by atoms with Gasteiger partial charge in [0.2, 0.25) is 5.88 Å². The van der Waals surface area contributed by atoms with Crippen LogP contribution in [0.25, 0.3) is 10.9 Å². The van der Waals surface area contributed by atoms with Gasteiger partial charge in [0.05, 0.1) is 30.7 Å². The highest BCUT2D eigenvalue weighted by atomic mass is 16.6. The summed E-state index contributed by atoms with van der Waals surface area (Å²) >= 11 is 0. The van der Waals surface area contributed by atoms with Crippen molar-refractivity contribution in [2.24, 2.45) is 7.05 Å². The number of ether oxygens (including phenoxy) is 4. The van der Waals surface area contributed by atoms with Gasteiger partial charge in [-0.05, 0) is 39.0 Å². The smallest absolute Gasteiger partial charge is 0.412 e. The van der Waals surface area contributed by atoms with Gasteiger partial charge in [0.1, 0.15) is 18.3 Å². The first-order valence-corrected chi connectivity index (χ1v) is 8.61. The fourth-order valence-electron chi connectivity index (χ4n) is 2.63. The van der Waals surface area contributed by atoms with Crippen molar-refractivity contribution in [1.82, 2.24) is 9.78 Å². The summed E-state index contributed by atoms with van der Waals surface area (Å²) in [6, 6.07) is 5.49. The molecule has 142 valence electrons. The minimum atomic E-state index is -0.549. The third kappa shape index (κ3) is 4.64. The van der Waals surface area contributed by atoms with E-state index in [1.807, 2.05) is 40.0 Å². The number of nitrogens with one attached hydrogen (secondary N) is 1. The van der Waals surface area contributed by atoms with Crippen molar-refractivity contribution < 1.29 is 23.7 Å². The van der Waals surface area contributed by atoms with Gasteiger partial charge in [0.25, 0.3) is 0 Å². The van der Waals surface area contributed by atoms with Gasteiger partial charge in [-0.15, -0.1) is 5.10 Å². The maximum atomic E-state index is 11.9. The lowest BCUT2D eigenvalue weighted by atomic mass is 10.2. The van der Waals surface area contributed by atoms with Crippen LogP contribution in [-0.4, -0.2) is 54.0 Å². The number of hydrogen-bond donors (Lipinski definition) is 1. The van der Waals surface area contributed by atoms with Gasteiger partial charge in [-0.3, -0.25) is 10.00 Å². The largest absolute Gasteiger partial charge is 0.473 e. The van der Waals surface area contributed by atoms with E-state index in [0.717, 1.165) is 10.9 Å². The molecule has 0 radical (unpaired) electrons. The molecule has 8 nitrogen and oxygen atoms in total. The zero-order chi connectivity index (χ0) is 18.7. The Labute approximate surface area is 152 Å². The molecule has 1 unspecified atom stereocenters. The van der Waals surface area contributed by atoms with Crippen molar-refractivity contribution in [3.63, 3.8) is 0 Å². The Morgan fingerprint density at radius 3 is 2.88 bits per heavy atom. The Morgan fingerprint density at radius 1 is 1.38 bits per heavy atom. The summed E-state index contributed by atoms with van der Waals surface area (Å²) in [5.74, 6) is 0.528. The summed E-state index contributed by atoms with van der Waals surface area (Å²) in [5, 5.41) is 8.00. The number of fused-ring (bicyclic) bond motifs is 1. The normalized spacial score (nSPS) is 17.9. The highest BCUT2D eigenvalue weighted by molar-refractivity contribution is 5.92. The number of rotatable bonds is 4. The lowest BCUT2D eigenvalue weighted by Crippen LogP contribution is -2.33. The second-order valence-corrected chi connectivity index (χ2v) is 7.17. The average Bonchev–Trinajstić information content (AvgIpc) is 2.88. The number of anilines is 1. The minimum absolute atomic E-state index is 0.0890. The molecule has 0 spiro atoms. The van der Waals surface area contributed by atoms with Gasteiger partial charge in [-0.2, -0.15) is 0 Å². The topological polar surface area (TPSA) is 83.8 Å². The zero-order valence-corrected chi connectivity index (χ0v) is 15.6. The van der Waals surface area contributed by atoms with E-state index in [1.165, 1.54) is 0 Å². The second-order valence-electron chi connectivity index (χ2n) is 7.17. The summed E-state index contributed by atoms with van der Waals surface area (Å²) < 4.78 is 23.7. The number of nitrogens with zero attached hydrogens (tertiary/aromatic N) is 2. The predicted octanol–water partition coefficient (Wildman–Crippen LogP) is 2.71. The molecule has 1 amide bonds. The number of hydrogen-bond acceptors (Lipinski definition) is 6. The van der Waals surface area contributed by atoms with Gasteiger partial charge in [-0.1, -0.05) is 0 Å². The summed E-state index contributed by atoms with van der Waals surface area (Å²) in [5.41, 5.74) is 0.923. The molecule has 0 saturated carbocycles. The van der Waals surface area contributed by atoms with E-state index in [2.05, 4.69) is 10.4 Å². The molecule has 2 aromatic rings. The van der Waals surface area contributed by atoms with Crippen molar-refractivity contribution in [3.8, 4) is 5.88 Å². The van der Waals surface area contributed by atoms with Gasteiger partial charge < -0.3 is 18.9 Å². The molecule has 0 aliphatic carbocycles. The molecular formula is C18H25N3O5. The van der Waals surface area contributed by atoms with Crippen LogP contribution in [0.5, 0.6) is 5.88 Å². The van der Waals surface area contributed by atoms with E-state index in [9.17, 15) is 4.79 Å². The third-order valence-corrected chi connectivity index (χ3v) is 3.75. The van der Waals surface area contributed by atoms with Crippen LogP contribution < -0.4 is 10.1 Å². The SMILES string of the molecule is Cn1nc(OCC2COCCO2)c2ccc(NC(=O)OC(C)(C)C)cc21. The minimum Gasteiger partial charge on any atom is -0.473 e. The van der Waals surface area contributed by atoms with E-state index in [4.69, 9.17) is 18.9 Å². The first-order chi connectivity index (χ1) is 12.3. The van der Waals surface area contributed by atoms with Crippen LogP contribution in [0.1, 0.15) is 20.8 Å². The Kier molecular flexibility index (Phi) is 5.33. The van der Waals surface area contributed by atoms with E-state index in [-0.39, 0.29) is 6.10 Å². The number of benzene rings is 1. The monoisotopic (exact) mass is 363 g/mol. The van der Waals surface area contributed by atoms with Crippen LogP contribution in [0.4, 0.5) is 10.5 Å². The molecule has 0 bridgehead atoms. The molecular weight excluding hydrogens is 338 g/mol. The van der Waals surface area contributed by atoms with Gasteiger partial charge in [0.15, 0.2) is 0 Å². The van der Waals surface area contributed by atoms with Crippen LogP contribution >= 0.6 is 0 Å². The van der Waals surface area contributed by atoms with Crippen molar-refractivity contribution in [2.75, 3.05) is 31.7 Å². The van der Waals surface area contributed by atoms with E-state index >= 15 is 0 Å². The molecule has 1 atom stereocenters. The highest BCUT2D eigenvalue weighted by Crippen LogP contribution is 2.27. The number of aryl methyl sites for hydroxylation is 1. The first-order valence-electron chi connectivity index (χ1n) is 8.61. The van der Waals surface area contributed by atoms with Gasteiger partial charge >= 0.3 is 6.09 Å². The van der Waals surface area contributed by atoms with Crippen LogP contribution in [-0.2, 0) is 21.3 Å². The van der Waals surface area contributed by atoms with E-state index < -0.39 is 11.7 Å². The number of amides is 1. The van der Waals surface area contributed by atoms with Crippen molar-refractivity contribution in [1.29, 1.82) is 0 Å². The molecule has 3 rings (SSSR count). The van der Waals surface area contributed by atoms with E-state index in [0.29, 0.717) is 38.0 Å². The number of carbonyl (C=O) groups is 1. The lowest BCUT2D eigenvalue weighted by Gasteiger charge is -2.22. The quantitative estimate of drug-likeness (QED) is 0.899. The average molecular weight is 363 g/mol. The first kappa shape index (κ1) is 18.5. The number of aromatic nitrogens is 2. The molecule has 8 heteroatoms. The molecule has 1 N–H and O–H groups in total. The van der Waals surface area contributed by atoms with E-state index in [1.54, 1.807) is 10.7 Å². The summed E-state index contributed by atoms with van der Waals surface area (Å²) in [6.07, 6.45) is -0.584. The van der Waals surface area contributed by atoms with Crippen LogP contribution in [0.3, 0.4) is 0 Å². The molecule has 1 aliphatic rings. The molecule has 1 saturated heterocycles. The summed E-state index contributed by atoms with van der Waals surface area (Å²) in [6.45, 7) is 7.57. The van der Waals surface area contributed by atoms with Crippen molar-refractivity contribution in [3.05, 3.63) is 18.2 Å². The van der Waals surface area contributed by atoms with Crippen molar-refractivity contribution >= 4 is 22.7 Å². The molecule has 2 heterocycles. The van der Waals surface area contributed by atoms with Crippen molar-refractivity contribution in [2.45, 2.75) is 32.5 Å². The molecule has 1 aromatic heterocycles. The second kappa shape index (κ2) is 7.51. The standard InChI is InChI=1S/C18H25N3O5/c1-18(2,3)26-17(22)19-12-5-6-14-15(9-12)21(4)20-16(14)25-11-13-10-23-7-8-24-13/h5-6,9,13H,7-8,10-11H2,1-4H3,(H,19,22). The predicted molar refractivity (Wildman–Crippen MR) is 96.6 cm³/mol. The maximum Gasteiger partial charge on any atom is 0.412 e. The lowest BCUT2D eigenvalue weighted by molar-refractivity contribution is -0.101. The van der Waals surface area contributed by atoms with Crippen LogP contribution in [0, 0.1) is 0 Å². The molecule has 1 aromatic carbocycles. The summed E-state index contributed by atoms with van der Waals surface area (Å²) in [4.78, 5) is 11.9. The summed E-state index contributed by atoms with van der Waals surface area (Å²) in [7, 11) is 1.83. The fraction of sp³-hybridized carbons (Fsp3) is 0.556. The van der Waals surface area contributed by atoms with Gasteiger partial charge in [-0.25, -0.2) is 4.79 Å². The Morgan fingerprint density at radius 2 is 2.19 bits per heavy atom. The van der Waals surface area contributed by atoms with Crippen LogP contribution in [0.2, 0.25) is 0 Å². The Hall–Kier alpha value is -2.32. The molecule has 1 fully saturated rings. The highest BCUT2D eigenvalue weighted by Gasteiger charge is 2.19. The third-order valence-electron chi connectivity index (χ3n) is 3.75. The zero-order valence-electron chi connectivity index (χ0n) is 15.6. The maximum absolute atomic E-state index is 11.9. The Balaban J connectivity index is 1.70. The van der Waals surface area contributed by atoms with Crippen LogP contribution in [0.15, 0.2) is 18.2 Å². The Bertz CT molecular complexity index is 775. The molecule has 1 aliphatic heterocycles.